The molecule has 0 radical (unpaired) electrons. The zero-order valence-corrected chi connectivity index (χ0v) is 21.9. The summed E-state index contributed by atoms with van der Waals surface area (Å²) in [6.45, 7) is 2.41. The third-order valence-corrected chi connectivity index (χ3v) is 5.87. The van der Waals surface area contributed by atoms with Crippen LogP contribution in [0.25, 0.3) is 11.1 Å². The number of aromatic hydroxyl groups is 1. The summed E-state index contributed by atoms with van der Waals surface area (Å²) in [5, 5.41) is 19.2. The van der Waals surface area contributed by atoms with E-state index in [4.69, 9.17) is 4.74 Å². The van der Waals surface area contributed by atoms with Crippen LogP contribution in [-0.2, 0) is 4.79 Å². The summed E-state index contributed by atoms with van der Waals surface area (Å²) in [6, 6.07) is 20.9. The van der Waals surface area contributed by atoms with Crippen molar-refractivity contribution in [3.05, 3.63) is 102 Å². The molecular formula is C30H33N3O5. The molecule has 38 heavy (non-hydrogen) atoms. The lowest BCUT2D eigenvalue weighted by Crippen LogP contribution is -2.33. The summed E-state index contributed by atoms with van der Waals surface area (Å²) < 4.78 is 5.72. The van der Waals surface area contributed by atoms with Crippen molar-refractivity contribution in [3.63, 3.8) is 0 Å². The molecule has 0 spiro atoms. The average molecular weight is 516 g/mol. The van der Waals surface area contributed by atoms with Gasteiger partial charge in [-0.1, -0.05) is 55.5 Å². The Morgan fingerprint density at radius 2 is 1.63 bits per heavy atom. The van der Waals surface area contributed by atoms with Crippen LogP contribution in [0.4, 0.5) is 4.79 Å². The van der Waals surface area contributed by atoms with Gasteiger partial charge >= 0.3 is 6.09 Å². The highest BCUT2D eigenvalue weighted by atomic mass is 16.5. The number of nitrogens with zero attached hydrogens (tertiary/aromatic N) is 3. The van der Waals surface area contributed by atoms with Crippen LogP contribution in [0.3, 0.4) is 0 Å². The van der Waals surface area contributed by atoms with E-state index < -0.39 is 6.09 Å². The molecule has 2 aromatic carbocycles. The van der Waals surface area contributed by atoms with Crippen LogP contribution < -0.4 is 4.74 Å². The number of likely N-dealkylation sites (N-methyl/N-ethyl adjacent to an activating group) is 1. The molecule has 8 heteroatoms. The molecule has 0 unspecified atom stereocenters. The predicted octanol–water partition coefficient (Wildman–Crippen LogP) is 5.16. The molecule has 0 bridgehead atoms. The first kappa shape index (κ1) is 28.0. The van der Waals surface area contributed by atoms with Gasteiger partial charge < -0.3 is 24.7 Å². The summed E-state index contributed by atoms with van der Waals surface area (Å²) in [6.07, 6.45) is 4.28. The number of phenols is 1. The monoisotopic (exact) mass is 515 g/mol. The quantitative estimate of drug-likeness (QED) is 0.270. The molecule has 3 aromatic rings. The van der Waals surface area contributed by atoms with Crippen LogP contribution in [0.2, 0.25) is 0 Å². The molecule has 2 N–H and O–H groups in total. The smallest absolute Gasteiger partial charge is 0.407 e. The van der Waals surface area contributed by atoms with E-state index in [1.807, 2.05) is 36.4 Å². The molecule has 0 fully saturated rings. The van der Waals surface area contributed by atoms with E-state index in [2.05, 4.69) is 24.0 Å². The average Bonchev–Trinajstić information content (AvgIpc) is 2.92. The normalized spacial score (nSPS) is 11.7. The van der Waals surface area contributed by atoms with E-state index >= 15 is 0 Å². The lowest BCUT2D eigenvalue weighted by Gasteiger charge is -2.18. The number of hydrogen-bond acceptors (Lipinski definition) is 5. The third-order valence-electron chi connectivity index (χ3n) is 5.87. The highest BCUT2D eigenvalue weighted by Gasteiger charge is 2.15. The Morgan fingerprint density at radius 1 is 0.947 bits per heavy atom. The van der Waals surface area contributed by atoms with Crippen molar-refractivity contribution in [2.24, 2.45) is 0 Å². The molecule has 0 saturated heterocycles. The van der Waals surface area contributed by atoms with Crippen LogP contribution in [0.5, 0.6) is 11.6 Å². The van der Waals surface area contributed by atoms with Gasteiger partial charge in [0.25, 0.3) is 0 Å². The van der Waals surface area contributed by atoms with Crippen LogP contribution in [0, 0.1) is 0 Å². The number of carboxylic acid groups (broad SMARTS) is 1. The number of allylic oxidation sites excluding steroid dienone is 1. The van der Waals surface area contributed by atoms with E-state index in [0.717, 1.165) is 39.2 Å². The van der Waals surface area contributed by atoms with Gasteiger partial charge in [0.05, 0.1) is 6.54 Å². The van der Waals surface area contributed by atoms with Crippen molar-refractivity contribution in [3.8, 4) is 11.6 Å². The van der Waals surface area contributed by atoms with Gasteiger partial charge in [-0.05, 0) is 46.9 Å². The lowest BCUT2D eigenvalue weighted by molar-refractivity contribution is -0.123. The largest absolute Gasteiger partial charge is 0.508 e. The second-order valence-electron chi connectivity index (χ2n) is 8.72. The molecule has 0 aliphatic rings. The van der Waals surface area contributed by atoms with Gasteiger partial charge in [0.2, 0.25) is 11.8 Å². The van der Waals surface area contributed by atoms with Gasteiger partial charge in [-0.3, -0.25) is 4.79 Å². The fourth-order valence-corrected chi connectivity index (χ4v) is 3.88. The SMILES string of the molecule is CCC(=C(c1ccc(O)cc1)c1ccc(OCCN(CC=CC(=O)N(C)C)C(=O)O)nc1)c1ccccc1. The number of pyridine rings is 1. The van der Waals surface area contributed by atoms with Crippen LogP contribution >= 0.6 is 0 Å². The number of aromatic nitrogens is 1. The maximum Gasteiger partial charge on any atom is 0.407 e. The molecule has 2 amide bonds. The van der Waals surface area contributed by atoms with Crippen molar-refractivity contribution < 1.29 is 24.5 Å². The number of ether oxygens (including phenoxy) is 1. The van der Waals surface area contributed by atoms with E-state index in [-0.39, 0.29) is 31.4 Å². The molecule has 0 atom stereocenters. The van der Waals surface area contributed by atoms with Gasteiger partial charge in [0.1, 0.15) is 12.4 Å². The fourth-order valence-electron chi connectivity index (χ4n) is 3.88. The van der Waals surface area contributed by atoms with Gasteiger partial charge in [-0.25, -0.2) is 9.78 Å². The Morgan fingerprint density at radius 3 is 2.21 bits per heavy atom. The predicted molar refractivity (Wildman–Crippen MR) is 148 cm³/mol. The number of carbonyl (C=O) groups is 2. The Bertz CT molecular complexity index is 1270. The first-order valence-corrected chi connectivity index (χ1v) is 12.3. The fraction of sp³-hybridized carbons (Fsp3) is 0.233. The number of carbonyl (C=O) groups excluding carboxylic acids is 1. The van der Waals surface area contributed by atoms with Crippen molar-refractivity contribution >= 4 is 23.1 Å². The minimum atomic E-state index is -1.10. The highest BCUT2D eigenvalue weighted by Crippen LogP contribution is 2.35. The van der Waals surface area contributed by atoms with Crippen LogP contribution in [-0.4, -0.2) is 70.8 Å². The van der Waals surface area contributed by atoms with E-state index in [1.165, 1.54) is 17.1 Å². The third kappa shape index (κ3) is 7.70. The zero-order chi connectivity index (χ0) is 27.5. The minimum absolute atomic E-state index is 0.0741. The van der Waals surface area contributed by atoms with E-state index in [0.29, 0.717) is 5.88 Å². The number of phenolic OH excluding ortho intramolecular Hbond substituents is 1. The summed E-state index contributed by atoms with van der Waals surface area (Å²) >= 11 is 0. The standard InChI is InChI=1S/C30H33N3O5/c1-4-26(22-9-6-5-7-10-22)29(23-12-15-25(34)16-13-23)24-14-17-27(31-21-24)38-20-19-33(30(36)37)18-8-11-28(35)32(2)3/h5-17,21,34H,4,18-20H2,1-3H3,(H,36,37). The number of hydrogen-bond donors (Lipinski definition) is 2. The molecule has 198 valence electrons. The number of amides is 2. The maximum absolute atomic E-state index is 11.6. The molecule has 3 rings (SSSR count). The van der Waals surface area contributed by atoms with Gasteiger partial charge in [0, 0.05) is 44.5 Å². The van der Waals surface area contributed by atoms with Gasteiger partial charge in [0.15, 0.2) is 0 Å². The highest BCUT2D eigenvalue weighted by molar-refractivity contribution is 5.98. The summed E-state index contributed by atoms with van der Waals surface area (Å²) in [5.41, 5.74) is 5.11. The molecule has 8 nitrogen and oxygen atoms in total. The lowest BCUT2D eigenvalue weighted by atomic mass is 9.89. The van der Waals surface area contributed by atoms with Crippen molar-refractivity contribution in [1.29, 1.82) is 0 Å². The molecular weight excluding hydrogens is 482 g/mol. The Kier molecular flexibility index (Phi) is 10.0. The van der Waals surface area contributed by atoms with E-state index in [9.17, 15) is 19.8 Å². The summed E-state index contributed by atoms with van der Waals surface area (Å²) in [5.74, 6) is 0.359. The number of benzene rings is 2. The molecule has 0 aliphatic carbocycles. The second-order valence-corrected chi connectivity index (χ2v) is 8.72. The van der Waals surface area contributed by atoms with E-state index in [1.54, 1.807) is 38.5 Å². The summed E-state index contributed by atoms with van der Waals surface area (Å²) in [7, 11) is 3.25. The van der Waals surface area contributed by atoms with Gasteiger partial charge in [-0.15, -0.1) is 0 Å². The van der Waals surface area contributed by atoms with Crippen molar-refractivity contribution in [2.75, 3.05) is 33.8 Å². The minimum Gasteiger partial charge on any atom is -0.508 e. The second kappa shape index (κ2) is 13.6. The van der Waals surface area contributed by atoms with Crippen molar-refractivity contribution in [2.45, 2.75) is 13.3 Å². The summed E-state index contributed by atoms with van der Waals surface area (Å²) in [4.78, 5) is 30.2. The van der Waals surface area contributed by atoms with Crippen molar-refractivity contribution in [1.82, 2.24) is 14.8 Å². The van der Waals surface area contributed by atoms with Gasteiger partial charge in [-0.2, -0.15) is 0 Å². The van der Waals surface area contributed by atoms with Crippen LogP contribution in [0.1, 0.15) is 30.0 Å². The first-order valence-electron chi connectivity index (χ1n) is 12.3. The Balaban J connectivity index is 1.77. The molecule has 1 aromatic heterocycles. The molecule has 0 saturated carbocycles. The topological polar surface area (TPSA) is 103 Å². The number of rotatable bonds is 11. The zero-order valence-electron chi connectivity index (χ0n) is 21.9. The Labute approximate surface area is 223 Å². The molecule has 0 aliphatic heterocycles. The molecule has 1 heterocycles. The first-order chi connectivity index (χ1) is 18.3. The maximum atomic E-state index is 11.6. The Hall–Kier alpha value is -4.59. The van der Waals surface area contributed by atoms with Crippen LogP contribution in [0.15, 0.2) is 85.1 Å².